The summed E-state index contributed by atoms with van der Waals surface area (Å²) in [5, 5.41) is 0. The van der Waals surface area contributed by atoms with E-state index in [0.29, 0.717) is 12.5 Å². The fraction of sp³-hybridized carbons (Fsp3) is 0.444. The molecule has 20 heavy (non-hydrogen) atoms. The number of ether oxygens (including phenoxy) is 1. The van der Waals surface area contributed by atoms with Gasteiger partial charge in [0.2, 0.25) is 0 Å². The highest BCUT2D eigenvalue weighted by Crippen LogP contribution is 2.29. The predicted octanol–water partition coefficient (Wildman–Crippen LogP) is 3.89. The van der Waals surface area contributed by atoms with Crippen molar-refractivity contribution in [1.82, 2.24) is 0 Å². The number of hydrogen-bond acceptors (Lipinski definition) is 2. The Morgan fingerprint density at radius 1 is 1.25 bits per heavy atom. The van der Waals surface area contributed by atoms with Crippen molar-refractivity contribution >= 4 is 0 Å². The summed E-state index contributed by atoms with van der Waals surface area (Å²) in [6.45, 7) is 7.76. The van der Waals surface area contributed by atoms with Gasteiger partial charge in [-0.2, -0.15) is 0 Å². The Balaban J connectivity index is 2.07. The molecule has 1 aromatic carbocycles. The monoisotopic (exact) mass is 271 g/mol. The van der Waals surface area contributed by atoms with E-state index in [2.05, 4.69) is 56.3 Å². The van der Waals surface area contributed by atoms with E-state index in [0.717, 1.165) is 18.8 Å². The van der Waals surface area contributed by atoms with Crippen LogP contribution in [0.5, 0.6) is 0 Å². The van der Waals surface area contributed by atoms with Gasteiger partial charge >= 0.3 is 0 Å². The molecule has 0 aliphatic heterocycles. The maximum atomic E-state index is 5.83. The minimum Gasteiger partial charge on any atom is -0.494 e. The first kappa shape index (κ1) is 14.9. The van der Waals surface area contributed by atoms with Gasteiger partial charge in [0.1, 0.15) is 5.76 Å². The molecule has 108 valence electrons. The van der Waals surface area contributed by atoms with Gasteiger partial charge in [0.25, 0.3) is 0 Å². The molecule has 2 rings (SSSR count). The van der Waals surface area contributed by atoms with Crippen LogP contribution in [-0.4, -0.2) is 13.2 Å². The van der Waals surface area contributed by atoms with Gasteiger partial charge in [0, 0.05) is 17.9 Å². The molecule has 1 aliphatic rings. The second-order valence-electron chi connectivity index (χ2n) is 5.95. The van der Waals surface area contributed by atoms with E-state index < -0.39 is 0 Å². The minimum absolute atomic E-state index is 0.0446. The molecule has 1 atom stereocenters. The predicted molar refractivity (Wildman–Crippen MR) is 84.7 cm³/mol. The molecule has 1 unspecified atom stereocenters. The van der Waals surface area contributed by atoms with Crippen molar-refractivity contribution in [2.75, 3.05) is 13.2 Å². The van der Waals surface area contributed by atoms with Crippen molar-refractivity contribution in [3.05, 3.63) is 59.4 Å². The SMILES string of the molecule is CCOC1=CCC(c2ccc(C(C)(C)CN)cc2)C=C1. The Morgan fingerprint density at radius 3 is 2.45 bits per heavy atom. The smallest absolute Gasteiger partial charge is 0.115 e. The standard InChI is InChI=1S/C18H25NO/c1-4-20-17-11-7-15(8-12-17)14-5-9-16(10-6-14)18(2,3)13-19/h5-7,9-12,15H,4,8,13,19H2,1-3H3. The average Bonchev–Trinajstić information content (AvgIpc) is 2.48. The van der Waals surface area contributed by atoms with Crippen molar-refractivity contribution in [2.45, 2.75) is 38.5 Å². The number of rotatable bonds is 5. The van der Waals surface area contributed by atoms with Gasteiger partial charge in [-0.3, -0.25) is 0 Å². The Hall–Kier alpha value is -1.54. The molecule has 0 spiro atoms. The zero-order valence-corrected chi connectivity index (χ0v) is 12.7. The molecule has 0 radical (unpaired) electrons. The fourth-order valence-electron chi connectivity index (χ4n) is 2.42. The minimum atomic E-state index is 0.0446. The molecule has 0 amide bonds. The Morgan fingerprint density at radius 2 is 1.95 bits per heavy atom. The summed E-state index contributed by atoms with van der Waals surface area (Å²) in [4.78, 5) is 0. The van der Waals surface area contributed by atoms with Crippen molar-refractivity contribution in [1.29, 1.82) is 0 Å². The zero-order chi connectivity index (χ0) is 14.6. The van der Waals surface area contributed by atoms with E-state index in [9.17, 15) is 0 Å². The first-order valence-corrected chi connectivity index (χ1v) is 7.38. The highest BCUT2D eigenvalue weighted by molar-refractivity contribution is 5.35. The van der Waals surface area contributed by atoms with Crippen LogP contribution in [0.3, 0.4) is 0 Å². The molecule has 0 saturated heterocycles. The third-order valence-electron chi connectivity index (χ3n) is 4.01. The summed E-state index contributed by atoms with van der Waals surface area (Å²) in [5.41, 5.74) is 8.53. The van der Waals surface area contributed by atoms with Crippen molar-refractivity contribution < 1.29 is 4.74 Å². The van der Waals surface area contributed by atoms with Crippen LogP contribution < -0.4 is 5.73 Å². The summed E-state index contributed by atoms with van der Waals surface area (Å²) in [6.07, 6.45) is 7.49. The maximum Gasteiger partial charge on any atom is 0.115 e. The molecule has 0 aromatic heterocycles. The lowest BCUT2D eigenvalue weighted by Gasteiger charge is -2.24. The molecule has 2 heteroatoms. The Labute approximate surface area is 122 Å². The zero-order valence-electron chi connectivity index (χ0n) is 12.7. The van der Waals surface area contributed by atoms with Crippen LogP contribution in [0.1, 0.15) is 44.2 Å². The van der Waals surface area contributed by atoms with Gasteiger partial charge in [0.05, 0.1) is 6.61 Å². The maximum absolute atomic E-state index is 5.83. The third-order valence-corrected chi connectivity index (χ3v) is 4.01. The number of hydrogen-bond donors (Lipinski definition) is 1. The Bertz CT molecular complexity index is 497. The molecular formula is C18H25NO. The molecule has 0 bridgehead atoms. The van der Waals surface area contributed by atoms with Crippen LogP contribution in [0.2, 0.25) is 0 Å². The summed E-state index contributed by atoms with van der Waals surface area (Å²) >= 11 is 0. The molecule has 0 heterocycles. The molecule has 0 saturated carbocycles. The molecule has 2 nitrogen and oxygen atoms in total. The van der Waals surface area contributed by atoms with Gasteiger partial charge in [0.15, 0.2) is 0 Å². The van der Waals surface area contributed by atoms with E-state index in [1.165, 1.54) is 11.1 Å². The van der Waals surface area contributed by atoms with E-state index in [1.807, 2.05) is 6.92 Å². The Kier molecular flexibility index (Phi) is 4.66. The van der Waals surface area contributed by atoms with Crippen LogP contribution in [0.15, 0.2) is 48.3 Å². The first-order valence-electron chi connectivity index (χ1n) is 7.38. The largest absolute Gasteiger partial charge is 0.494 e. The van der Waals surface area contributed by atoms with Crippen molar-refractivity contribution in [2.24, 2.45) is 5.73 Å². The van der Waals surface area contributed by atoms with Crippen LogP contribution in [-0.2, 0) is 10.2 Å². The highest BCUT2D eigenvalue weighted by atomic mass is 16.5. The van der Waals surface area contributed by atoms with E-state index >= 15 is 0 Å². The quantitative estimate of drug-likeness (QED) is 0.882. The van der Waals surface area contributed by atoms with Crippen LogP contribution >= 0.6 is 0 Å². The number of allylic oxidation sites excluding steroid dienone is 3. The normalized spacial score (nSPS) is 18.8. The summed E-state index contributed by atoms with van der Waals surface area (Å²) in [5.74, 6) is 1.44. The molecule has 1 aromatic rings. The van der Waals surface area contributed by atoms with Crippen LogP contribution in [0.4, 0.5) is 0 Å². The fourth-order valence-corrected chi connectivity index (χ4v) is 2.42. The van der Waals surface area contributed by atoms with Gasteiger partial charge in [-0.05, 0) is 36.6 Å². The summed E-state index contributed by atoms with van der Waals surface area (Å²) in [6, 6.07) is 8.86. The van der Waals surface area contributed by atoms with Gasteiger partial charge < -0.3 is 10.5 Å². The average molecular weight is 271 g/mol. The molecular weight excluding hydrogens is 246 g/mol. The van der Waals surface area contributed by atoms with Crippen molar-refractivity contribution in [3.63, 3.8) is 0 Å². The summed E-state index contributed by atoms with van der Waals surface area (Å²) < 4.78 is 5.51. The lowest BCUT2D eigenvalue weighted by Crippen LogP contribution is -2.27. The third kappa shape index (κ3) is 3.31. The van der Waals surface area contributed by atoms with E-state index in [-0.39, 0.29) is 5.41 Å². The van der Waals surface area contributed by atoms with Crippen molar-refractivity contribution in [3.8, 4) is 0 Å². The number of nitrogens with two attached hydrogens (primary N) is 1. The first-order chi connectivity index (χ1) is 9.56. The van der Waals surface area contributed by atoms with E-state index in [4.69, 9.17) is 10.5 Å². The van der Waals surface area contributed by atoms with Gasteiger partial charge in [-0.15, -0.1) is 0 Å². The highest BCUT2D eigenvalue weighted by Gasteiger charge is 2.19. The van der Waals surface area contributed by atoms with Crippen LogP contribution in [0, 0.1) is 0 Å². The lowest BCUT2D eigenvalue weighted by atomic mass is 9.83. The molecule has 0 fully saturated rings. The van der Waals surface area contributed by atoms with Gasteiger partial charge in [-0.25, -0.2) is 0 Å². The lowest BCUT2D eigenvalue weighted by molar-refractivity contribution is 0.239. The topological polar surface area (TPSA) is 35.2 Å². The van der Waals surface area contributed by atoms with Gasteiger partial charge in [-0.1, -0.05) is 44.2 Å². The molecule has 1 aliphatic carbocycles. The summed E-state index contributed by atoms with van der Waals surface area (Å²) in [7, 11) is 0. The van der Waals surface area contributed by atoms with E-state index in [1.54, 1.807) is 0 Å². The second kappa shape index (κ2) is 6.27. The molecule has 2 N–H and O–H groups in total. The number of benzene rings is 1. The van der Waals surface area contributed by atoms with Crippen LogP contribution in [0.25, 0.3) is 0 Å². The second-order valence-corrected chi connectivity index (χ2v) is 5.95.